The number of fused-ring (bicyclic) bond motifs is 1. The summed E-state index contributed by atoms with van der Waals surface area (Å²) in [4.78, 5) is 6.99. The third kappa shape index (κ3) is 4.38. The van der Waals surface area contributed by atoms with Crippen LogP contribution in [0.1, 0.15) is 16.7 Å². The monoisotopic (exact) mass is 426 g/mol. The molecule has 1 saturated heterocycles. The van der Waals surface area contributed by atoms with Crippen LogP contribution in [0.25, 0.3) is 16.9 Å². The third-order valence-electron chi connectivity index (χ3n) is 5.59. The number of aryl methyl sites for hydroxylation is 2. The van der Waals surface area contributed by atoms with E-state index in [1.165, 1.54) is 11.1 Å². The van der Waals surface area contributed by atoms with Gasteiger partial charge in [-0.3, -0.25) is 0 Å². The quantitative estimate of drug-likeness (QED) is 0.415. The molecule has 4 aromatic rings. The average molecular weight is 427 g/mol. The number of hydrogen-bond acceptors (Lipinski definition) is 6. The zero-order valence-electron chi connectivity index (χ0n) is 18.4. The molecule has 3 heterocycles. The smallest absolute Gasteiger partial charge is 0.179 e. The molecule has 0 unspecified atom stereocenters. The minimum absolute atomic E-state index is 0.523. The lowest BCUT2D eigenvalue weighted by atomic mass is 10.1. The Balaban J connectivity index is 1.51. The molecule has 0 bridgehead atoms. The molecule has 0 amide bonds. The first-order valence-corrected chi connectivity index (χ1v) is 10.9. The Morgan fingerprint density at radius 2 is 1.75 bits per heavy atom. The summed E-state index contributed by atoms with van der Waals surface area (Å²) in [5, 5.41) is 13.7. The van der Waals surface area contributed by atoms with Gasteiger partial charge in [-0.25, -0.2) is 4.98 Å². The van der Waals surface area contributed by atoms with Crippen LogP contribution in [0.5, 0.6) is 0 Å². The molecule has 32 heavy (non-hydrogen) atoms. The van der Waals surface area contributed by atoms with E-state index in [2.05, 4.69) is 71.4 Å². The second kappa shape index (κ2) is 8.88. The van der Waals surface area contributed by atoms with Crippen LogP contribution in [0.4, 0.5) is 11.6 Å². The molecule has 0 N–H and O–H groups in total. The van der Waals surface area contributed by atoms with Gasteiger partial charge in [0.25, 0.3) is 0 Å². The lowest BCUT2D eigenvalue weighted by Crippen LogP contribution is -2.37. The van der Waals surface area contributed by atoms with Crippen molar-refractivity contribution in [1.82, 2.24) is 14.6 Å². The number of ether oxygens (including phenoxy) is 1. The fourth-order valence-corrected chi connectivity index (χ4v) is 3.88. The van der Waals surface area contributed by atoms with Crippen LogP contribution in [0.2, 0.25) is 0 Å². The summed E-state index contributed by atoms with van der Waals surface area (Å²) in [6.45, 7) is 7.68. The van der Waals surface area contributed by atoms with Crippen LogP contribution in [0.15, 0.2) is 70.9 Å². The highest BCUT2D eigenvalue weighted by Gasteiger charge is 2.18. The average Bonchev–Trinajstić information content (AvgIpc) is 3.24. The Bertz CT molecular complexity index is 1260. The van der Waals surface area contributed by atoms with Crippen LogP contribution in [-0.4, -0.2) is 40.9 Å². The topological polar surface area (TPSA) is 67.4 Å². The number of hydrogen-bond donors (Lipinski definition) is 0. The Kier molecular flexibility index (Phi) is 5.64. The van der Waals surface area contributed by atoms with E-state index in [0.29, 0.717) is 25.6 Å². The second-order valence-corrected chi connectivity index (χ2v) is 8.13. The number of aromatic nitrogens is 3. The minimum Gasteiger partial charge on any atom is -0.378 e. The number of nitrogens with zero attached hydrogens (tertiary/aromatic N) is 6. The molecule has 5 rings (SSSR count). The lowest BCUT2D eigenvalue weighted by molar-refractivity contribution is 0.122. The highest BCUT2D eigenvalue weighted by Crippen LogP contribution is 2.27. The van der Waals surface area contributed by atoms with Gasteiger partial charge in [-0.1, -0.05) is 59.7 Å². The Labute approximate surface area is 187 Å². The van der Waals surface area contributed by atoms with Gasteiger partial charge in [-0.05, 0) is 19.4 Å². The normalized spacial score (nSPS) is 14.5. The van der Waals surface area contributed by atoms with Crippen LogP contribution in [0, 0.1) is 13.8 Å². The molecule has 0 saturated carbocycles. The predicted octanol–water partition coefficient (Wildman–Crippen LogP) is 5.13. The van der Waals surface area contributed by atoms with Crippen molar-refractivity contribution in [3.05, 3.63) is 77.4 Å². The molecule has 0 radical (unpaired) electrons. The molecule has 0 aliphatic carbocycles. The largest absolute Gasteiger partial charge is 0.378 e. The first-order chi connectivity index (χ1) is 15.7. The maximum Gasteiger partial charge on any atom is 0.179 e. The summed E-state index contributed by atoms with van der Waals surface area (Å²) < 4.78 is 7.45. The predicted molar refractivity (Wildman–Crippen MR) is 126 cm³/mol. The van der Waals surface area contributed by atoms with Crippen LogP contribution < -0.4 is 4.90 Å². The zero-order valence-corrected chi connectivity index (χ0v) is 18.4. The van der Waals surface area contributed by atoms with Crippen molar-refractivity contribution >= 4 is 17.3 Å². The number of azo groups is 1. The second-order valence-electron chi connectivity index (χ2n) is 8.13. The summed E-state index contributed by atoms with van der Waals surface area (Å²) in [6.07, 6.45) is 0. The molecular weight excluding hydrogens is 400 g/mol. The van der Waals surface area contributed by atoms with Crippen molar-refractivity contribution in [3.63, 3.8) is 0 Å². The first-order valence-electron chi connectivity index (χ1n) is 10.9. The Hall–Kier alpha value is -3.58. The Morgan fingerprint density at radius 1 is 0.938 bits per heavy atom. The first kappa shape index (κ1) is 20.3. The number of rotatable bonds is 5. The highest BCUT2D eigenvalue weighted by molar-refractivity contribution is 5.67. The summed E-state index contributed by atoms with van der Waals surface area (Å²) >= 11 is 0. The minimum atomic E-state index is 0.523. The molecule has 2 aromatic carbocycles. The van der Waals surface area contributed by atoms with Crippen LogP contribution >= 0.6 is 0 Å². The molecule has 1 aliphatic heterocycles. The molecule has 7 heteroatoms. The van der Waals surface area contributed by atoms with Crippen LogP contribution in [0.3, 0.4) is 0 Å². The zero-order chi connectivity index (χ0) is 21.9. The van der Waals surface area contributed by atoms with Crippen LogP contribution in [-0.2, 0) is 11.3 Å². The van der Waals surface area contributed by atoms with Crippen molar-refractivity contribution in [2.45, 2.75) is 20.4 Å². The van der Waals surface area contributed by atoms with Gasteiger partial charge >= 0.3 is 0 Å². The van der Waals surface area contributed by atoms with Gasteiger partial charge in [0, 0.05) is 30.8 Å². The van der Waals surface area contributed by atoms with Crippen molar-refractivity contribution < 1.29 is 4.74 Å². The molecule has 7 nitrogen and oxygen atoms in total. The summed E-state index contributed by atoms with van der Waals surface area (Å²) in [7, 11) is 0. The Morgan fingerprint density at radius 3 is 2.53 bits per heavy atom. The lowest BCUT2D eigenvalue weighted by Gasteiger charge is -2.28. The SMILES string of the molecule is Cc1ccc(-c2cc3nc(N=NCc4cccc(C)c4)cc(N4CCOCC4)n3n2)cc1. The standard InChI is InChI=1S/C25H26N6O/c1-18-6-8-21(9-7-18)22-15-24-27-23(28-26-17-20-5-3-4-19(2)14-20)16-25(31(24)29-22)30-10-12-32-13-11-30/h3-9,14-16H,10-13,17H2,1-2H3. The summed E-state index contributed by atoms with van der Waals surface area (Å²) in [6, 6.07) is 20.7. The summed E-state index contributed by atoms with van der Waals surface area (Å²) in [5.41, 5.74) is 6.29. The molecule has 0 atom stereocenters. The van der Waals surface area contributed by atoms with E-state index in [4.69, 9.17) is 14.8 Å². The van der Waals surface area contributed by atoms with E-state index in [1.54, 1.807) is 0 Å². The van der Waals surface area contributed by atoms with Crippen molar-refractivity contribution in [2.24, 2.45) is 10.2 Å². The fourth-order valence-electron chi connectivity index (χ4n) is 3.88. The molecule has 2 aromatic heterocycles. The maximum absolute atomic E-state index is 5.54. The fraction of sp³-hybridized carbons (Fsp3) is 0.280. The van der Waals surface area contributed by atoms with Crippen molar-refractivity contribution in [1.29, 1.82) is 0 Å². The van der Waals surface area contributed by atoms with E-state index in [-0.39, 0.29) is 0 Å². The van der Waals surface area contributed by atoms with Gasteiger partial charge < -0.3 is 9.64 Å². The van der Waals surface area contributed by atoms with Crippen molar-refractivity contribution in [3.8, 4) is 11.3 Å². The van der Waals surface area contributed by atoms with E-state index in [0.717, 1.165) is 41.4 Å². The molecule has 1 aliphatic rings. The molecule has 1 fully saturated rings. The number of anilines is 1. The molecule has 162 valence electrons. The van der Waals surface area contributed by atoms with Crippen molar-refractivity contribution in [2.75, 3.05) is 31.2 Å². The van der Waals surface area contributed by atoms with E-state index >= 15 is 0 Å². The van der Waals surface area contributed by atoms with Gasteiger partial charge in [-0.2, -0.15) is 14.7 Å². The number of benzene rings is 2. The molecule has 0 spiro atoms. The van der Waals surface area contributed by atoms with Gasteiger partial charge in [0.05, 0.1) is 25.5 Å². The summed E-state index contributed by atoms with van der Waals surface area (Å²) in [5.74, 6) is 1.54. The van der Waals surface area contributed by atoms with Gasteiger partial charge in [0.2, 0.25) is 0 Å². The van der Waals surface area contributed by atoms with E-state index in [1.807, 2.05) is 22.7 Å². The molecular formula is C25H26N6O. The van der Waals surface area contributed by atoms with Gasteiger partial charge in [0.1, 0.15) is 5.82 Å². The third-order valence-corrected chi connectivity index (χ3v) is 5.59. The number of morpholine rings is 1. The van der Waals surface area contributed by atoms with Gasteiger partial charge in [-0.15, -0.1) is 5.11 Å². The van der Waals surface area contributed by atoms with E-state index in [9.17, 15) is 0 Å². The van der Waals surface area contributed by atoms with Gasteiger partial charge in [0.15, 0.2) is 11.5 Å². The highest BCUT2D eigenvalue weighted by atomic mass is 16.5. The maximum atomic E-state index is 5.54. The van der Waals surface area contributed by atoms with E-state index < -0.39 is 0 Å².